The number of hydrogen-bond acceptors (Lipinski definition) is 9. The lowest BCUT2D eigenvalue weighted by Crippen LogP contribution is -2.81. The molecule has 0 amide bonds. The Morgan fingerprint density at radius 2 is 2.04 bits per heavy atom. The Labute approximate surface area is 156 Å². The summed E-state index contributed by atoms with van der Waals surface area (Å²) in [5.41, 5.74) is 1.26. The van der Waals surface area contributed by atoms with Crippen molar-refractivity contribution in [2.45, 2.75) is 54.9 Å². The maximum absolute atomic E-state index is 13.2. The molecule has 0 aromatic heterocycles. The van der Waals surface area contributed by atoms with Gasteiger partial charge in [-0.2, -0.15) is 13.2 Å². The van der Waals surface area contributed by atoms with Crippen LogP contribution in [-0.2, 0) is 9.53 Å². The van der Waals surface area contributed by atoms with E-state index in [1.165, 1.54) is 0 Å². The zero-order valence-electron chi connectivity index (χ0n) is 14.5. The van der Waals surface area contributed by atoms with Crippen LogP contribution in [-0.4, -0.2) is 87.4 Å². The van der Waals surface area contributed by atoms with Gasteiger partial charge in [-0.25, -0.2) is 0 Å². The summed E-state index contributed by atoms with van der Waals surface area (Å²) in [6.07, 6.45) is -8.44. The van der Waals surface area contributed by atoms with Gasteiger partial charge in [0, 0.05) is 0 Å². The van der Waals surface area contributed by atoms with E-state index in [9.17, 15) is 33.3 Å². The largest absolute Gasteiger partial charge is 0.454 e. The van der Waals surface area contributed by atoms with Crippen molar-refractivity contribution < 1.29 is 38.0 Å². The van der Waals surface area contributed by atoms with E-state index in [2.05, 4.69) is 16.0 Å². The number of aliphatic hydroxyl groups excluding tert-OH is 1. The minimum Gasteiger partial charge on any atom is -0.454 e. The Hall–Kier alpha value is -1.71. The predicted molar refractivity (Wildman–Crippen MR) is 84.0 cm³/mol. The molecule has 0 aromatic carbocycles. The third-order valence-electron chi connectivity index (χ3n) is 6.09. The molecule has 3 aliphatic heterocycles. The molecule has 158 valence electrons. The number of carbonyl (C=O) groups is 1. The average Bonchev–Trinajstić information content (AvgIpc) is 3.29. The van der Waals surface area contributed by atoms with Gasteiger partial charge in [0.15, 0.2) is 23.1 Å². The zero-order valence-corrected chi connectivity index (χ0v) is 14.5. The average molecular weight is 410 g/mol. The second-order valence-electron chi connectivity index (χ2n) is 7.63. The summed E-state index contributed by atoms with van der Waals surface area (Å²) in [5.74, 6) is -4.82. The number of halogens is 3. The number of alkyl halides is 3. The van der Waals surface area contributed by atoms with Gasteiger partial charge in [0.2, 0.25) is 5.79 Å². The van der Waals surface area contributed by atoms with Gasteiger partial charge in [0.1, 0.15) is 6.29 Å². The number of ether oxygens (including phenoxy) is 1. The van der Waals surface area contributed by atoms with Crippen LogP contribution < -0.4 is 21.7 Å². The van der Waals surface area contributed by atoms with E-state index < -0.39 is 79.5 Å². The lowest BCUT2D eigenvalue weighted by molar-refractivity contribution is -0.271. The summed E-state index contributed by atoms with van der Waals surface area (Å²) < 4.78 is 44.5. The van der Waals surface area contributed by atoms with Gasteiger partial charge < -0.3 is 36.0 Å². The molecule has 11 nitrogen and oxygen atoms in total. The molecule has 4 aliphatic rings. The molecule has 28 heavy (non-hydrogen) atoms. The van der Waals surface area contributed by atoms with Crippen molar-refractivity contribution >= 4 is 11.9 Å². The SMILES string of the molecule is N=C1N[C@@H](CO)C2N[C@H](N)N[C@]23N1C[C@H](OC(=O)C1(C(F)(F)F)CC1)C3(O)O. The molecule has 3 saturated heterocycles. The third kappa shape index (κ3) is 2.26. The molecule has 3 heterocycles. The van der Waals surface area contributed by atoms with Crippen molar-refractivity contribution in [1.29, 1.82) is 5.41 Å². The normalized spacial score (nSPS) is 40.5. The molecule has 0 bridgehead atoms. The van der Waals surface area contributed by atoms with E-state index in [-0.39, 0.29) is 5.96 Å². The Morgan fingerprint density at radius 1 is 1.39 bits per heavy atom. The second kappa shape index (κ2) is 5.67. The monoisotopic (exact) mass is 410 g/mol. The van der Waals surface area contributed by atoms with Gasteiger partial charge >= 0.3 is 12.1 Å². The van der Waals surface area contributed by atoms with Crippen molar-refractivity contribution in [1.82, 2.24) is 20.9 Å². The van der Waals surface area contributed by atoms with Crippen LogP contribution in [0, 0.1) is 10.8 Å². The zero-order chi connectivity index (χ0) is 20.7. The molecule has 1 spiro atoms. The van der Waals surface area contributed by atoms with Crippen LogP contribution in [0.15, 0.2) is 0 Å². The standard InChI is InChI=1S/C14H21F3N6O5/c15-14(16,17)11(1-2-11)8(25)28-6-3-23-10(19)20-5(4-24)7-12(23,13(6,26)27)22-9(18)21-7/h5-7,9,21-22,24,26-27H,1-4,18H2,(H2,19,20)/t5-,6-,7?,9-,12-/m0/s1. The molecule has 1 saturated carbocycles. The van der Waals surface area contributed by atoms with Crippen molar-refractivity contribution in [3.8, 4) is 0 Å². The maximum atomic E-state index is 13.2. The third-order valence-corrected chi connectivity index (χ3v) is 6.09. The van der Waals surface area contributed by atoms with Crippen molar-refractivity contribution in [3.63, 3.8) is 0 Å². The van der Waals surface area contributed by atoms with Gasteiger partial charge in [0.05, 0.1) is 25.2 Å². The fraction of sp³-hybridized carbons (Fsp3) is 0.857. The minimum atomic E-state index is -4.81. The van der Waals surface area contributed by atoms with E-state index >= 15 is 0 Å². The lowest BCUT2D eigenvalue weighted by atomic mass is 9.85. The topological polar surface area (TPSA) is 176 Å². The summed E-state index contributed by atoms with van der Waals surface area (Å²) in [5, 5.41) is 47.6. The second-order valence-corrected chi connectivity index (χ2v) is 7.63. The number of carbonyl (C=O) groups excluding carboxylic acids is 1. The van der Waals surface area contributed by atoms with Crippen molar-refractivity contribution in [3.05, 3.63) is 0 Å². The Balaban J connectivity index is 1.67. The molecule has 5 atom stereocenters. The van der Waals surface area contributed by atoms with Crippen LogP contribution in [0.5, 0.6) is 0 Å². The summed E-state index contributed by atoms with van der Waals surface area (Å²) in [7, 11) is 0. The highest BCUT2D eigenvalue weighted by molar-refractivity contribution is 5.82. The quantitative estimate of drug-likeness (QED) is 0.173. The first-order chi connectivity index (χ1) is 12.9. The van der Waals surface area contributed by atoms with E-state index in [1.807, 2.05) is 0 Å². The molecule has 1 unspecified atom stereocenters. The Kier molecular flexibility index (Phi) is 3.97. The molecule has 0 aromatic rings. The van der Waals surface area contributed by atoms with E-state index in [0.717, 1.165) is 4.90 Å². The number of nitrogens with two attached hydrogens (primary N) is 1. The first-order valence-electron chi connectivity index (χ1n) is 8.66. The van der Waals surface area contributed by atoms with Crippen LogP contribution in [0.2, 0.25) is 0 Å². The highest BCUT2D eigenvalue weighted by Crippen LogP contribution is 2.59. The van der Waals surface area contributed by atoms with Gasteiger partial charge in [0.25, 0.3) is 0 Å². The van der Waals surface area contributed by atoms with Crippen LogP contribution in [0.4, 0.5) is 13.2 Å². The highest BCUT2D eigenvalue weighted by Gasteiger charge is 2.76. The number of rotatable bonds is 3. The van der Waals surface area contributed by atoms with Crippen LogP contribution >= 0.6 is 0 Å². The van der Waals surface area contributed by atoms with Gasteiger partial charge in [-0.3, -0.25) is 20.8 Å². The van der Waals surface area contributed by atoms with Crippen LogP contribution in [0.3, 0.4) is 0 Å². The van der Waals surface area contributed by atoms with Gasteiger partial charge in [-0.1, -0.05) is 0 Å². The first-order valence-corrected chi connectivity index (χ1v) is 8.66. The first kappa shape index (κ1) is 19.6. The summed E-state index contributed by atoms with van der Waals surface area (Å²) in [6.45, 7) is -0.962. The molecular weight excluding hydrogens is 389 g/mol. The number of esters is 1. The van der Waals surface area contributed by atoms with E-state index in [4.69, 9.17) is 15.9 Å². The predicted octanol–water partition coefficient (Wildman–Crippen LogP) is -3.36. The van der Waals surface area contributed by atoms with Crippen molar-refractivity contribution in [2.75, 3.05) is 13.2 Å². The fourth-order valence-corrected chi connectivity index (χ4v) is 4.40. The van der Waals surface area contributed by atoms with Gasteiger partial charge in [-0.05, 0) is 12.8 Å². The lowest BCUT2D eigenvalue weighted by Gasteiger charge is -2.51. The number of nitrogens with zero attached hydrogens (tertiary/aromatic N) is 1. The summed E-state index contributed by atoms with van der Waals surface area (Å²) in [6, 6.07) is -1.82. The highest BCUT2D eigenvalue weighted by atomic mass is 19.4. The molecule has 1 aliphatic carbocycles. The maximum Gasteiger partial charge on any atom is 0.404 e. The molecular formula is C14H21F3N6O5. The minimum absolute atomic E-state index is 0.332. The smallest absolute Gasteiger partial charge is 0.404 e. The van der Waals surface area contributed by atoms with Crippen LogP contribution in [0.25, 0.3) is 0 Å². The Morgan fingerprint density at radius 3 is 2.57 bits per heavy atom. The number of aliphatic hydroxyl groups is 3. The number of nitrogens with one attached hydrogen (secondary N) is 4. The summed E-state index contributed by atoms with van der Waals surface area (Å²) in [4.78, 5) is 13.3. The molecule has 0 radical (unpaired) electrons. The van der Waals surface area contributed by atoms with Crippen molar-refractivity contribution in [2.24, 2.45) is 11.1 Å². The van der Waals surface area contributed by atoms with E-state index in [0.29, 0.717) is 0 Å². The summed E-state index contributed by atoms with van der Waals surface area (Å²) >= 11 is 0. The fourth-order valence-electron chi connectivity index (χ4n) is 4.40. The Bertz CT molecular complexity index is 716. The molecule has 14 heteroatoms. The van der Waals surface area contributed by atoms with E-state index in [1.54, 1.807) is 0 Å². The number of hydrogen-bond donors (Lipinski definition) is 8. The number of guanidine groups is 1. The van der Waals surface area contributed by atoms with Crippen LogP contribution in [0.1, 0.15) is 12.8 Å². The van der Waals surface area contributed by atoms with Gasteiger partial charge in [-0.15, -0.1) is 0 Å². The molecule has 9 N–H and O–H groups in total. The molecule has 4 fully saturated rings. The molecule has 4 rings (SSSR count).